The third-order valence-electron chi connectivity index (χ3n) is 4.39. The maximum absolute atomic E-state index is 11.7. The zero-order valence-corrected chi connectivity index (χ0v) is 14.3. The van der Waals surface area contributed by atoms with Gasteiger partial charge in [0.2, 0.25) is 5.82 Å². The molecule has 0 unspecified atom stereocenters. The minimum Gasteiger partial charge on any atom is -0.431 e. The van der Waals surface area contributed by atoms with Crippen molar-refractivity contribution in [3.05, 3.63) is 52.5 Å². The Kier molecular flexibility index (Phi) is 4.08. The SMILES string of the molecule is Cc1ccc2cccc(Oc3ncnc(N4CCCC4)c3[N+](=O)[O-])c2n1. The molecule has 1 saturated heterocycles. The third-order valence-corrected chi connectivity index (χ3v) is 4.39. The number of aryl methyl sites for hydroxylation is 1. The van der Waals surface area contributed by atoms with Gasteiger partial charge in [-0.15, -0.1) is 0 Å². The summed E-state index contributed by atoms with van der Waals surface area (Å²) in [5.74, 6) is 0.671. The number of benzene rings is 1. The van der Waals surface area contributed by atoms with Crippen LogP contribution in [0, 0.1) is 17.0 Å². The van der Waals surface area contributed by atoms with E-state index in [-0.39, 0.29) is 11.6 Å². The Bertz CT molecular complexity index is 986. The van der Waals surface area contributed by atoms with Gasteiger partial charge >= 0.3 is 11.6 Å². The summed E-state index contributed by atoms with van der Waals surface area (Å²) in [6.07, 6.45) is 3.29. The van der Waals surface area contributed by atoms with Gasteiger partial charge in [0, 0.05) is 24.2 Å². The Morgan fingerprint density at radius 1 is 1.15 bits per heavy atom. The number of hydrogen-bond donors (Lipinski definition) is 0. The Hall–Kier alpha value is -3.29. The highest BCUT2D eigenvalue weighted by atomic mass is 16.6. The van der Waals surface area contributed by atoms with Gasteiger partial charge in [0.1, 0.15) is 11.8 Å². The predicted molar refractivity (Wildman–Crippen MR) is 96.7 cm³/mol. The minimum atomic E-state index is -0.479. The molecule has 26 heavy (non-hydrogen) atoms. The Morgan fingerprint density at radius 3 is 2.73 bits per heavy atom. The zero-order chi connectivity index (χ0) is 18.1. The second-order valence-corrected chi connectivity index (χ2v) is 6.18. The van der Waals surface area contributed by atoms with Crippen molar-refractivity contribution in [1.29, 1.82) is 0 Å². The Morgan fingerprint density at radius 2 is 1.96 bits per heavy atom. The summed E-state index contributed by atoms with van der Waals surface area (Å²) >= 11 is 0. The summed E-state index contributed by atoms with van der Waals surface area (Å²) in [5, 5.41) is 12.6. The highest BCUT2D eigenvalue weighted by Crippen LogP contribution is 2.38. The van der Waals surface area contributed by atoms with E-state index < -0.39 is 4.92 Å². The molecule has 0 N–H and O–H groups in total. The van der Waals surface area contributed by atoms with Crippen LogP contribution in [-0.2, 0) is 0 Å². The summed E-state index contributed by atoms with van der Waals surface area (Å²) in [7, 11) is 0. The number of aromatic nitrogens is 3. The first-order valence-electron chi connectivity index (χ1n) is 8.42. The van der Waals surface area contributed by atoms with Crippen LogP contribution in [0.4, 0.5) is 11.5 Å². The maximum Gasteiger partial charge on any atom is 0.373 e. The molecule has 0 bridgehead atoms. The number of anilines is 1. The molecule has 1 aromatic carbocycles. The van der Waals surface area contributed by atoms with Gasteiger partial charge in [-0.25, -0.2) is 9.97 Å². The Balaban J connectivity index is 1.80. The lowest BCUT2D eigenvalue weighted by molar-refractivity contribution is -0.385. The van der Waals surface area contributed by atoms with Crippen molar-refractivity contribution in [3.8, 4) is 11.6 Å². The van der Waals surface area contributed by atoms with E-state index in [1.165, 1.54) is 6.33 Å². The number of hydrogen-bond acceptors (Lipinski definition) is 7. The molecule has 0 amide bonds. The quantitative estimate of drug-likeness (QED) is 0.523. The summed E-state index contributed by atoms with van der Waals surface area (Å²) < 4.78 is 5.86. The van der Waals surface area contributed by atoms with Crippen LogP contribution in [0.15, 0.2) is 36.7 Å². The van der Waals surface area contributed by atoms with Crippen molar-refractivity contribution in [2.45, 2.75) is 19.8 Å². The van der Waals surface area contributed by atoms with E-state index in [2.05, 4.69) is 15.0 Å². The van der Waals surface area contributed by atoms with Crippen molar-refractivity contribution in [3.63, 3.8) is 0 Å². The fraction of sp³-hybridized carbons (Fsp3) is 0.278. The van der Waals surface area contributed by atoms with E-state index in [1.54, 1.807) is 6.07 Å². The van der Waals surface area contributed by atoms with Crippen LogP contribution in [0.3, 0.4) is 0 Å². The van der Waals surface area contributed by atoms with Crippen molar-refractivity contribution < 1.29 is 9.66 Å². The normalized spacial score (nSPS) is 14.0. The first-order valence-corrected chi connectivity index (χ1v) is 8.42. The summed E-state index contributed by atoms with van der Waals surface area (Å²) in [6.45, 7) is 3.37. The lowest BCUT2D eigenvalue weighted by atomic mass is 10.2. The molecule has 1 fully saturated rings. The summed E-state index contributed by atoms with van der Waals surface area (Å²) in [4.78, 5) is 25.8. The molecule has 4 rings (SSSR count). The first kappa shape index (κ1) is 16.2. The highest BCUT2D eigenvalue weighted by molar-refractivity contribution is 5.85. The molecular formula is C18H17N5O3. The zero-order valence-electron chi connectivity index (χ0n) is 14.3. The minimum absolute atomic E-state index is 0.0669. The number of nitrogens with zero attached hydrogens (tertiary/aromatic N) is 5. The van der Waals surface area contributed by atoms with Crippen LogP contribution in [0.5, 0.6) is 11.6 Å². The van der Waals surface area contributed by atoms with Gasteiger partial charge in [0.25, 0.3) is 0 Å². The lowest BCUT2D eigenvalue weighted by Gasteiger charge is -2.17. The number of rotatable bonds is 4. The van der Waals surface area contributed by atoms with Gasteiger partial charge in [0.15, 0.2) is 5.75 Å². The molecule has 8 nitrogen and oxygen atoms in total. The molecule has 132 valence electrons. The second-order valence-electron chi connectivity index (χ2n) is 6.18. The molecule has 0 atom stereocenters. The van der Waals surface area contributed by atoms with E-state index in [0.717, 1.165) is 37.0 Å². The molecule has 0 radical (unpaired) electrons. The topological polar surface area (TPSA) is 94.3 Å². The molecule has 1 aliphatic rings. The first-order chi connectivity index (χ1) is 12.6. The largest absolute Gasteiger partial charge is 0.431 e. The number of fused-ring (bicyclic) bond motifs is 1. The van der Waals surface area contributed by atoms with Crippen molar-refractivity contribution in [1.82, 2.24) is 15.0 Å². The molecule has 0 spiro atoms. The molecule has 0 saturated carbocycles. The molecule has 3 aromatic rings. The van der Waals surface area contributed by atoms with Crippen LogP contribution >= 0.6 is 0 Å². The monoisotopic (exact) mass is 351 g/mol. The van der Waals surface area contributed by atoms with Crippen LogP contribution in [0.2, 0.25) is 0 Å². The van der Waals surface area contributed by atoms with E-state index in [0.29, 0.717) is 17.1 Å². The smallest absolute Gasteiger partial charge is 0.373 e. The molecule has 0 aliphatic carbocycles. The standard InChI is InChI=1S/C18H17N5O3/c1-12-7-8-13-5-4-6-14(15(13)21-12)26-18-16(23(24)25)17(19-11-20-18)22-9-2-3-10-22/h4-8,11H,2-3,9-10H2,1H3. The third kappa shape index (κ3) is 2.90. The highest BCUT2D eigenvalue weighted by Gasteiger charge is 2.30. The van der Waals surface area contributed by atoms with Gasteiger partial charge in [-0.3, -0.25) is 10.1 Å². The van der Waals surface area contributed by atoms with Crippen LogP contribution < -0.4 is 9.64 Å². The van der Waals surface area contributed by atoms with Crippen molar-refractivity contribution >= 4 is 22.4 Å². The van der Waals surface area contributed by atoms with E-state index in [9.17, 15) is 10.1 Å². The van der Waals surface area contributed by atoms with Gasteiger partial charge in [0.05, 0.1) is 4.92 Å². The van der Waals surface area contributed by atoms with Crippen LogP contribution in [0.25, 0.3) is 10.9 Å². The van der Waals surface area contributed by atoms with Crippen LogP contribution in [0.1, 0.15) is 18.5 Å². The Labute approximate surface area is 149 Å². The summed E-state index contributed by atoms with van der Waals surface area (Å²) in [5.41, 5.74) is 1.27. The van der Waals surface area contributed by atoms with Crippen molar-refractivity contribution in [2.75, 3.05) is 18.0 Å². The molecule has 1 aliphatic heterocycles. The molecule has 2 aromatic heterocycles. The number of pyridine rings is 1. The van der Waals surface area contributed by atoms with E-state index in [4.69, 9.17) is 4.74 Å². The van der Waals surface area contributed by atoms with E-state index >= 15 is 0 Å². The van der Waals surface area contributed by atoms with Gasteiger partial charge in [-0.05, 0) is 31.9 Å². The van der Waals surface area contributed by atoms with Crippen molar-refractivity contribution in [2.24, 2.45) is 0 Å². The fourth-order valence-corrected chi connectivity index (χ4v) is 3.15. The van der Waals surface area contributed by atoms with Crippen LogP contribution in [-0.4, -0.2) is 33.0 Å². The van der Waals surface area contributed by atoms with Gasteiger partial charge in [-0.2, -0.15) is 4.98 Å². The van der Waals surface area contributed by atoms with E-state index in [1.807, 2.05) is 36.1 Å². The second kappa shape index (κ2) is 6.55. The predicted octanol–water partition coefficient (Wildman–Crippen LogP) is 3.63. The number of ether oxygens (including phenoxy) is 1. The number of nitro groups is 1. The lowest BCUT2D eigenvalue weighted by Crippen LogP contribution is -2.20. The molecular weight excluding hydrogens is 334 g/mol. The van der Waals surface area contributed by atoms with Gasteiger partial charge < -0.3 is 9.64 Å². The summed E-state index contributed by atoms with van der Waals surface area (Å²) in [6, 6.07) is 9.32. The average molecular weight is 351 g/mol. The number of para-hydroxylation sites is 1. The fourth-order valence-electron chi connectivity index (χ4n) is 3.15. The average Bonchev–Trinajstić information content (AvgIpc) is 3.16. The maximum atomic E-state index is 11.7. The molecule has 8 heteroatoms. The molecule has 3 heterocycles. The van der Waals surface area contributed by atoms with Gasteiger partial charge in [-0.1, -0.05) is 18.2 Å².